The van der Waals surface area contributed by atoms with Crippen molar-refractivity contribution in [3.63, 3.8) is 0 Å². The molecular weight excluding hydrogens is 362 g/mol. The highest BCUT2D eigenvalue weighted by Crippen LogP contribution is 2.21. The van der Waals surface area contributed by atoms with Gasteiger partial charge in [-0.15, -0.1) is 0 Å². The second-order valence-corrected chi connectivity index (χ2v) is 6.93. The van der Waals surface area contributed by atoms with Gasteiger partial charge in [-0.3, -0.25) is 4.79 Å². The third kappa shape index (κ3) is 6.64. The van der Waals surface area contributed by atoms with E-state index in [1.54, 1.807) is 63.2 Å². The van der Waals surface area contributed by atoms with E-state index in [0.29, 0.717) is 11.3 Å². The van der Waals surface area contributed by atoms with Gasteiger partial charge in [-0.1, -0.05) is 36.4 Å². The summed E-state index contributed by atoms with van der Waals surface area (Å²) in [5.41, 5.74) is 5.24. The molecule has 0 spiro atoms. The fourth-order valence-corrected chi connectivity index (χ4v) is 2.34. The number of carbonyl (C=O) groups is 3. The van der Waals surface area contributed by atoms with E-state index in [2.05, 4.69) is 10.6 Å². The van der Waals surface area contributed by atoms with Gasteiger partial charge >= 0.3 is 12.2 Å². The Morgan fingerprint density at radius 3 is 2.29 bits per heavy atom. The molecule has 0 aliphatic rings. The Morgan fingerprint density at radius 1 is 1.00 bits per heavy atom. The van der Waals surface area contributed by atoms with Crippen LogP contribution in [-0.4, -0.2) is 23.7 Å². The molecule has 0 fully saturated rings. The lowest BCUT2D eigenvalue weighted by atomic mass is 10.1. The summed E-state index contributed by atoms with van der Waals surface area (Å²) in [6.45, 7) is 5.19. The van der Waals surface area contributed by atoms with Gasteiger partial charge in [-0.25, -0.2) is 9.59 Å². The van der Waals surface area contributed by atoms with E-state index in [9.17, 15) is 14.4 Å². The number of primary amides is 1. The van der Waals surface area contributed by atoms with Crippen LogP contribution in [0.3, 0.4) is 0 Å². The summed E-state index contributed by atoms with van der Waals surface area (Å²) < 4.78 is 10.1. The molecule has 0 aliphatic carbocycles. The van der Waals surface area contributed by atoms with Crippen molar-refractivity contribution >= 4 is 23.8 Å². The number of nitrogens with two attached hydrogens (primary N) is 1. The van der Waals surface area contributed by atoms with Crippen LogP contribution in [0.1, 0.15) is 32.4 Å². The number of alkyl carbamates (subject to hydrolysis) is 1. The van der Waals surface area contributed by atoms with Crippen LogP contribution in [0, 0.1) is 0 Å². The average Bonchev–Trinajstić information content (AvgIpc) is 2.58. The number of nitrogens with one attached hydrogen (secondary N) is 2. The summed E-state index contributed by atoms with van der Waals surface area (Å²) in [4.78, 5) is 35.9. The van der Waals surface area contributed by atoms with Crippen molar-refractivity contribution in [3.05, 3.63) is 60.2 Å². The largest absolute Gasteiger partial charge is 0.444 e. The van der Waals surface area contributed by atoms with Gasteiger partial charge in [-0.2, -0.15) is 0 Å². The van der Waals surface area contributed by atoms with E-state index in [0.717, 1.165) is 0 Å². The SMILES string of the molecule is CC(C)(C)OC(=O)NC(C(=O)Nc1cccc(OC(N)=O)c1)c1ccccc1. The van der Waals surface area contributed by atoms with Gasteiger partial charge in [-0.05, 0) is 38.5 Å². The van der Waals surface area contributed by atoms with Crippen LogP contribution in [0.5, 0.6) is 5.75 Å². The summed E-state index contributed by atoms with van der Waals surface area (Å²) in [5.74, 6) is -0.310. The minimum atomic E-state index is -0.989. The molecule has 8 heteroatoms. The number of hydrogen-bond donors (Lipinski definition) is 3. The Bertz CT molecular complexity index is 846. The van der Waals surface area contributed by atoms with Gasteiger partial charge < -0.3 is 25.8 Å². The Kier molecular flexibility index (Phi) is 6.59. The molecule has 0 saturated heterocycles. The number of anilines is 1. The van der Waals surface area contributed by atoms with Crippen LogP contribution in [0.2, 0.25) is 0 Å². The molecule has 4 N–H and O–H groups in total. The number of carbonyl (C=O) groups excluding carboxylic acids is 3. The van der Waals surface area contributed by atoms with Gasteiger partial charge in [0.2, 0.25) is 0 Å². The first-order chi connectivity index (χ1) is 13.1. The Morgan fingerprint density at radius 2 is 1.68 bits per heavy atom. The topological polar surface area (TPSA) is 120 Å². The molecular formula is C20H23N3O5. The maximum atomic E-state index is 12.8. The molecule has 0 aromatic heterocycles. The normalized spacial score (nSPS) is 11.8. The van der Waals surface area contributed by atoms with Crippen molar-refractivity contribution in [2.24, 2.45) is 5.73 Å². The van der Waals surface area contributed by atoms with E-state index in [-0.39, 0.29) is 5.75 Å². The second-order valence-electron chi connectivity index (χ2n) is 6.93. The molecule has 1 atom stereocenters. The first-order valence-electron chi connectivity index (χ1n) is 8.57. The zero-order valence-corrected chi connectivity index (χ0v) is 15.9. The number of benzene rings is 2. The minimum Gasteiger partial charge on any atom is -0.444 e. The molecule has 0 saturated carbocycles. The smallest absolute Gasteiger partial charge is 0.409 e. The molecule has 8 nitrogen and oxygen atoms in total. The average molecular weight is 385 g/mol. The molecule has 2 aromatic carbocycles. The number of hydrogen-bond acceptors (Lipinski definition) is 5. The van der Waals surface area contributed by atoms with E-state index < -0.39 is 29.7 Å². The van der Waals surface area contributed by atoms with E-state index >= 15 is 0 Å². The maximum absolute atomic E-state index is 12.8. The third-order valence-corrected chi connectivity index (χ3v) is 3.38. The number of amides is 3. The molecule has 0 bridgehead atoms. The quantitative estimate of drug-likeness (QED) is 0.729. The summed E-state index contributed by atoms with van der Waals surface area (Å²) >= 11 is 0. The van der Waals surface area contributed by atoms with E-state index in [1.807, 2.05) is 0 Å². The third-order valence-electron chi connectivity index (χ3n) is 3.38. The van der Waals surface area contributed by atoms with Crippen molar-refractivity contribution in [2.75, 3.05) is 5.32 Å². The number of ether oxygens (including phenoxy) is 2. The van der Waals surface area contributed by atoms with Crippen molar-refractivity contribution in [3.8, 4) is 5.75 Å². The number of rotatable bonds is 5. The summed E-state index contributed by atoms with van der Waals surface area (Å²) in [7, 11) is 0. The van der Waals surface area contributed by atoms with Crippen LogP contribution in [0.15, 0.2) is 54.6 Å². The molecule has 0 heterocycles. The summed E-state index contributed by atoms with van der Waals surface area (Å²) in [6.07, 6.45) is -1.68. The molecule has 2 rings (SSSR count). The predicted octanol–water partition coefficient (Wildman–Crippen LogP) is 3.35. The lowest BCUT2D eigenvalue weighted by Gasteiger charge is -2.23. The van der Waals surface area contributed by atoms with E-state index in [1.165, 1.54) is 12.1 Å². The Hall–Kier alpha value is -3.55. The van der Waals surface area contributed by atoms with Crippen LogP contribution in [0.4, 0.5) is 15.3 Å². The lowest BCUT2D eigenvalue weighted by molar-refractivity contribution is -0.118. The van der Waals surface area contributed by atoms with Crippen LogP contribution >= 0.6 is 0 Å². The van der Waals surface area contributed by atoms with Crippen molar-refractivity contribution in [1.29, 1.82) is 0 Å². The zero-order valence-electron chi connectivity index (χ0n) is 15.9. The predicted molar refractivity (Wildman–Crippen MR) is 104 cm³/mol. The highest BCUT2D eigenvalue weighted by atomic mass is 16.6. The highest BCUT2D eigenvalue weighted by molar-refractivity contribution is 5.97. The maximum Gasteiger partial charge on any atom is 0.409 e. The second kappa shape index (κ2) is 8.90. The van der Waals surface area contributed by atoms with E-state index in [4.69, 9.17) is 15.2 Å². The highest BCUT2D eigenvalue weighted by Gasteiger charge is 2.26. The van der Waals surface area contributed by atoms with Crippen molar-refractivity contribution in [2.45, 2.75) is 32.4 Å². The van der Waals surface area contributed by atoms with Crippen LogP contribution < -0.4 is 21.1 Å². The molecule has 1 unspecified atom stereocenters. The molecule has 0 aliphatic heterocycles. The van der Waals surface area contributed by atoms with Crippen LogP contribution in [-0.2, 0) is 9.53 Å². The monoisotopic (exact) mass is 385 g/mol. The lowest BCUT2D eigenvalue weighted by Crippen LogP contribution is -2.40. The standard InChI is InChI=1S/C20H23N3O5/c1-20(2,3)28-19(26)23-16(13-8-5-4-6-9-13)17(24)22-14-10-7-11-15(12-14)27-18(21)25/h4-12,16H,1-3H3,(H2,21,25)(H,22,24)(H,23,26). The molecule has 0 radical (unpaired) electrons. The molecule has 148 valence electrons. The minimum absolute atomic E-state index is 0.182. The molecule has 3 amide bonds. The summed E-state index contributed by atoms with van der Waals surface area (Å²) in [6, 6.07) is 13.9. The van der Waals surface area contributed by atoms with Gasteiger partial charge in [0, 0.05) is 11.8 Å². The first kappa shape index (κ1) is 20.8. The molecule has 28 heavy (non-hydrogen) atoms. The first-order valence-corrected chi connectivity index (χ1v) is 8.57. The zero-order chi connectivity index (χ0) is 20.7. The van der Waals surface area contributed by atoms with Crippen LogP contribution in [0.25, 0.3) is 0 Å². The Labute approximate surface area is 163 Å². The van der Waals surface area contributed by atoms with Crippen molar-refractivity contribution in [1.82, 2.24) is 5.32 Å². The van der Waals surface area contributed by atoms with Gasteiger partial charge in [0.05, 0.1) is 0 Å². The fraction of sp³-hybridized carbons (Fsp3) is 0.250. The van der Waals surface area contributed by atoms with Crippen molar-refractivity contribution < 1.29 is 23.9 Å². The molecule has 2 aromatic rings. The Balaban J connectivity index is 2.20. The van der Waals surface area contributed by atoms with Gasteiger partial charge in [0.15, 0.2) is 0 Å². The summed E-state index contributed by atoms with van der Waals surface area (Å²) in [5, 5.41) is 5.26. The van der Waals surface area contributed by atoms with Gasteiger partial charge in [0.1, 0.15) is 17.4 Å². The fourth-order valence-electron chi connectivity index (χ4n) is 2.34. The van der Waals surface area contributed by atoms with Gasteiger partial charge in [0.25, 0.3) is 5.91 Å².